The molecule has 0 aromatic heterocycles. The molecule has 4 saturated heterocycles. The van der Waals surface area contributed by atoms with E-state index in [-0.39, 0.29) is 17.6 Å². The third-order valence-electron chi connectivity index (χ3n) is 9.63. The quantitative estimate of drug-likeness (QED) is 0.499. The molecule has 4 fully saturated rings. The van der Waals surface area contributed by atoms with E-state index < -0.39 is 5.60 Å². The summed E-state index contributed by atoms with van der Waals surface area (Å²) >= 11 is 0. The predicted octanol–water partition coefficient (Wildman–Crippen LogP) is 5.37. The summed E-state index contributed by atoms with van der Waals surface area (Å²) < 4.78 is 11.2. The minimum atomic E-state index is -0.439. The van der Waals surface area contributed by atoms with E-state index in [0.29, 0.717) is 18.7 Å². The molecule has 0 atom stereocenters. The normalized spacial score (nSPS) is 23.8. The highest BCUT2D eigenvalue weighted by atomic mass is 16.6. The number of rotatable bonds is 4. The van der Waals surface area contributed by atoms with Crippen LogP contribution in [-0.2, 0) is 16.1 Å². The number of likely N-dealkylation sites (tertiary alicyclic amines) is 4. The minimum absolute atomic E-state index is 0.142. The molecular formula is C32H50N4O4. The second-order valence-corrected chi connectivity index (χ2v) is 13.6. The van der Waals surface area contributed by atoms with E-state index in [9.17, 15) is 9.59 Å². The highest BCUT2D eigenvalue weighted by Gasteiger charge is 2.42. The van der Waals surface area contributed by atoms with Crippen LogP contribution < -0.4 is 0 Å². The molecular weight excluding hydrogens is 504 g/mol. The van der Waals surface area contributed by atoms with Crippen LogP contribution in [0.3, 0.4) is 0 Å². The molecule has 4 heterocycles. The van der Waals surface area contributed by atoms with E-state index in [2.05, 4.69) is 9.80 Å². The summed E-state index contributed by atoms with van der Waals surface area (Å²) in [4.78, 5) is 34.5. The smallest absolute Gasteiger partial charge is 0.410 e. The van der Waals surface area contributed by atoms with Crippen LogP contribution in [0.5, 0.6) is 0 Å². The van der Waals surface area contributed by atoms with Gasteiger partial charge in [-0.2, -0.15) is 0 Å². The van der Waals surface area contributed by atoms with Crippen molar-refractivity contribution in [1.29, 1.82) is 0 Å². The lowest BCUT2D eigenvalue weighted by atomic mass is 9.72. The van der Waals surface area contributed by atoms with Crippen LogP contribution in [0.1, 0.15) is 77.7 Å². The monoisotopic (exact) mass is 554 g/mol. The Balaban J connectivity index is 1.01. The van der Waals surface area contributed by atoms with Gasteiger partial charge in [0.25, 0.3) is 0 Å². The zero-order valence-electron chi connectivity index (χ0n) is 25.0. The lowest BCUT2D eigenvalue weighted by Crippen LogP contribution is -2.55. The molecule has 8 nitrogen and oxygen atoms in total. The number of amides is 2. The highest BCUT2D eigenvalue weighted by Crippen LogP contribution is 2.41. The zero-order chi connectivity index (χ0) is 28.2. The Bertz CT molecular complexity index is 972. The summed E-state index contributed by atoms with van der Waals surface area (Å²) in [5.41, 5.74) is 0.854. The van der Waals surface area contributed by atoms with Crippen molar-refractivity contribution in [2.24, 2.45) is 5.41 Å². The summed E-state index contributed by atoms with van der Waals surface area (Å²) in [6, 6.07) is 11.1. The average molecular weight is 555 g/mol. The van der Waals surface area contributed by atoms with Gasteiger partial charge in [0, 0.05) is 38.3 Å². The Morgan fingerprint density at radius 2 is 1.38 bits per heavy atom. The maximum atomic E-state index is 12.7. The molecule has 0 radical (unpaired) electrons. The van der Waals surface area contributed by atoms with Crippen LogP contribution in [0, 0.1) is 5.41 Å². The molecule has 222 valence electrons. The number of ether oxygens (including phenoxy) is 2. The van der Waals surface area contributed by atoms with Crippen LogP contribution in [0.25, 0.3) is 0 Å². The number of piperidine rings is 4. The molecule has 8 heteroatoms. The third kappa shape index (κ3) is 7.49. The Morgan fingerprint density at radius 3 is 2.00 bits per heavy atom. The maximum absolute atomic E-state index is 12.7. The molecule has 0 bridgehead atoms. The second kappa shape index (κ2) is 12.7. The molecule has 1 aromatic rings. The average Bonchev–Trinajstić information content (AvgIpc) is 2.96. The Labute approximate surface area is 240 Å². The molecule has 1 aromatic carbocycles. The van der Waals surface area contributed by atoms with E-state index in [4.69, 9.17) is 9.47 Å². The largest absolute Gasteiger partial charge is 0.445 e. The van der Waals surface area contributed by atoms with Crippen molar-refractivity contribution in [2.75, 3.05) is 52.4 Å². The Kier molecular flexibility index (Phi) is 9.25. The van der Waals surface area contributed by atoms with Crippen molar-refractivity contribution < 1.29 is 19.1 Å². The molecule has 0 unspecified atom stereocenters. The number of carbonyl (C=O) groups excluding carboxylic acids is 2. The fourth-order valence-corrected chi connectivity index (χ4v) is 7.30. The van der Waals surface area contributed by atoms with E-state index in [1.807, 2.05) is 60.9 Å². The van der Waals surface area contributed by atoms with Crippen molar-refractivity contribution in [3.05, 3.63) is 35.9 Å². The van der Waals surface area contributed by atoms with Crippen LogP contribution in [0.15, 0.2) is 30.3 Å². The van der Waals surface area contributed by atoms with Crippen molar-refractivity contribution in [2.45, 2.75) is 96.4 Å². The van der Waals surface area contributed by atoms with Crippen molar-refractivity contribution in [3.63, 3.8) is 0 Å². The summed E-state index contributed by atoms with van der Waals surface area (Å²) in [5, 5.41) is 0. The van der Waals surface area contributed by atoms with Crippen LogP contribution in [0.2, 0.25) is 0 Å². The van der Waals surface area contributed by atoms with Gasteiger partial charge in [-0.1, -0.05) is 30.3 Å². The van der Waals surface area contributed by atoms with E-state index in [1.165, 1.54) is 32.1 Å². The van der Waals surface area contributed by atoms with Gasteiger partial charge in [-0.05, 0) is 109 Å². The van der Waals surface area contributed by atoms with Crippen molar-refractivity contribution >= 4 is 12.2 Å². The van der Waals surface area contributed by atoms with Gasteiger partial charge in [0.2, 0.25) is 0 Å². The summed E-state index contributed by atoms with van der Waals surface area (Å²) in [7, 11) is 0. The SMILES string of the molecule is CC(C)(C)OC(=O)N1CCCC2(CCN(C3CCN(C4CCN(C(=O)OCc5ccccc5)CC4)CC3)CC2)C1. The van der Waals surface area contributed by atoms with Gasteiger partial charge in [0.05, 0.1) is 0 Å². The zero-order valence-corrected chi connectivity index (χ0v) is 25.0. The molecule has 0 aliphatic carbocycles. The summed E-state index contributed by atoms with van der Waals surface area (Å²) in [6.07, 6.45) is 8.89. The van der Waals surface area contributed by atoms with Crippen molar-refractivity contribution in [3.8, 4) is 0 Å². The third-order valence-corrected chi connectivity index (χ3v) is 9.63. The molecule has 0 N–H and O–H groups in total. The van der Waals surface area contributed by atoms with E-state index in [0.717, 1.165) is 77.2 Å². The molecule has 2 amide bonds. The summed E-state index contributed by atoms with van der Waals surface area (Å²) in [6.45, 7) is 14.0. The number of hydrogen-bond donors (Lipinski definition) is 0. The fraction of sp³-hybridized carbons (Fsp3) is 0.750. The molecule has 0 saturated carbocycles. The van der Waals surface area contributed by atoms with Gasteiger partial charge < -0.3 is 29.1 Å². The predicted molar refractivity (Wildman–Crippen MR) is 156 cm³/mol. The van der Waals surface area contributed by atoms with Crippen molar-refractivity contribution in [1.82, 2.24) is 19.6 Å². The van der Waals surface area contributed by atoms with Gasteiger partial charge in [-0.25, -0.2) is 9.59 Å². The summed E-state index contributed by atoms with van der Waals surface area (Å²) in [5.74, 6) is 0. The van der Waals surface area contributed by atoms with Gasteiger partial charge in [0.15, 0.2) is 0 Å². The van der Waals surface area contributed by atoms with Gasteiger partial charge in [-0.3, -0.25) is 0 Å². The van der Waals surface area contributed by atoms with Gasteiger partial charge >= 0.3 is 12.2 Å². The first-order valence-corrected chi connectivity index (χ1v) is 15.6. The maximum Gasteiger partial charge on any atom is 0.410 e. The molecule has 40 heavy (non-hydrogen) atoms. The van der Waals surface area contributed by atoms with Crippen LogP contribution in [-0.4, -0.2) is 102 Å². The molecule has 4 aliphatic heterocycles. The lowest BCUT2D eigenvalue weighted by molar-refractivity contribution is -0.0228. The number of benzene rings is 1. The van der Waals surface area contributed by atoms with Crippen LogP contribution in [0.4, 0.5) is 9.59 Å². The minimum Gasteiger partial charge on any atom is -0.445 e. The standard InChI is InChI=1S/C32H50N4O4/c1-31(2,3)40-30(38)36-17-7-14-32(25-36)15-22-34(23-16-32)28-10-18-33(19-11-28)27-12-20-35(21-13-27)29(37)39-24-26-8-5-4-6-9-26/h4-6,8-9,27-28H,7,10-25H2,1-3H3. The lowest BCUT2D eigenvalue weighted by Gasteiger charge is -2.50. The first kappa shape index (κ1) is 29.2. The number of carbonyl (C=O) groups is 2. The second-order valence-electron chi connectivity index (χ2n) is 13.6. The van der Waals surface area contributed by atoms with E-state index >= 15 is 0 Å². The van der Waals surface area contributed by atoms with Gasteiger partial charge in [0.1, 0.15) is 12.2 Å². The first-order valence-electron chi connectivity index (χ1n) is 15.6. The Hall–Kier alpha value is -2.32. The molecule has 1 spiro atoms. The fourth-order valence-electron chi connectivity index (χ4n) is 7.30. The number of nitrogens with zero attached hydrogens (tertiary/aromatic N) is 4. The Morgan fingerprint density at radius 1 is 0.775 bits per heavy atom. The van der Waals surface area contributed by atoms with Crippen LogP contribution >= 0.6 is 0 Å². The molecule has 4 aliphatic rings. The highest BCUT2D eigenvalue weighted by molar-refractivity contribution is 5.68. The number of hydrogen-bond acceptors (Lipinski definition) is 6. The van der Waals surface area contributed by atoms with E-state index in [1.54, 1.807) is 0 Å². The molecule has 5 rings (SSSR count). The van der Waals surface area contributed by atoms with Gasteiger partial charge in [-0.15, -0.1) is 0 Å². The topological polar surface area (TPSA) is 65.6 Å². The first-order chi connectivity index (χ1) is 19.2.